The van der Waals surface area contributed by atoms with Crippen molar-refractivity contribution in [2.75, 3.05) is 34.0 Å². The molecule has 0 saturated heterocycles. The molecule has 124 valence electrons. The van der Waals surface area contributed by atoms with Crippen LogP contribution in [0.5, 0.6) is 0 Å². The van der Waals surface area contributed by atoms with E-state index in [-0.39, 0.29) is 18.6 Å². The highest BCUT2D eigenvalue weighted by molar-refractivity contribution is 5.77. The van der Waals surface area contributed by atoms with Crippen molar-refractivity contribution in [1.29, 1.82) is 0 Å². The first-order valence-electron chi connectivity index (χ1n) is 7.40. The molecule has 0 aliphatic carbocycles. The SMILES string of the molecule is COCCOCC(=O)N(C)[C@H](C)c1ccc(-n2cncn2)cc1. The van der Waals surface area contributed by atoms with Crippen LogP contribution in [0.25, 0.3) is 5.69 Å². The van der Waals surface area contributed by atoms with Gasteiger partial charge in [-0.1, -0.05) is 12.1 Å². The van der Waals surface area contributed by atoms with Gasteiger partial charge in [-0.15, -0.1) is 0 Å². The van der Waals surface area contributed by atoms with Crippen molar-refractivity contribution in [3.63, 3.8) is 0 Å². The number of methoxy groups -OCH3 is 1. The number of ether oxygens (including phenoxy) is 2. The number of benzene rings is 1. The van der Waals surface area contributed by atoms with Gasteiger partial charge >= 0.3 is 0 Å². The summed E-state index contributed by atoms with van der Waals surface area (Å²) in [5.41, 5.74) is 1.97. The zero-order valence-electron chi connectivity index (χ0n) is 13.7. The van der Waals surface area contributed by atoms with Gasteiger partial charge < -0.3 is 14.4 Å². The Morgan fingerprint density at radius 2 is 2.04 bits per heavy atom. The molecule has 0 aliphatic rings. The van der Waals surface area contributed by atoms with Gasteiger partial charge in [0.15, 0.2) is 0 Å². The van der Waals surface area contributed by atoms with Crippen LogP contribution in [0.4, 0.5) is 0 Å². The summed E-state index contributed by atoms with van der Waals surface area (Å²) in [6.45, 7) is 2.94. The van der Waals surface area contributed by atoms with E-state index in [2.05, 4.69) is 10.1 Å². The monoisotopic (exact) mass is 318 g/mol. The molecule has 0 fully saturated rings. The summed E-state index contributed by atoms with van der Waals surface area (Å²) in [7, 11) is 3.38. The summed E-state index contributed by atoms with van der Waals surface area (Å²) in [6.07, 6.45) is 3.14. The van der Waals surface area contributed by atoms with Gasteiger partial charge in [0, 0.05) is 14.2 Å². The third-order valence-electron chi connectivity index (χ3n) is 3.69. The predicted octanol–water partition coefficient (Wildman–Crippen LogP) is 1.45. The lowest BCUT2D eigenvalue weighted by Crippen LogP contribution is -2.33. The molecule has 0 unspecified atom stereocenters. The molecule has 1 atom stereocenters. The third-order valence-corrected chi connectivity index (χ3v) is 3.69. The Hall–Kier alpha value is -2.25. The summed E-state index contributed by atoms with van der Waals surface area (Å²) in [6, 6.07) is 7.83. The molecule has 1 heterocycles. The lowest BCUT2D eigenvalue weighted by Gasteiger charge is -2.25. The van der Waals surface area contributed by atoms with E-state index in [4.69, 9.17) is 9.47 Å². The molecule has 0 saturated carbocycles. The largest absolute Gasteiger partial charge is 0.382 e. The van der Waals surface area contributed by atoms with E-state index in [9.17, 15) is 4.79 Å². The Kier molecular flexibility index (Phi) is 6.25. The van der Waals surface area contributed by atoms with Crippen LogP contribution in [-0.2, 0) is 14.3 Å². The number of carbonyl (C=O) groups excluding carboxylic acids is 1. The molecule has 1 aromatic carbocycles. The molecular formula is C16H22N4O3. The predicted molar refractivity (Wildman–Crippen MR) is 85.2 cm³/mol. The molecule has 0 radical (unpaired) electrons. The Morgan fingerprint density at radius 3 is 2.65 bits per heavy atom. The van der Waals surface area contributed by atoms with Crippen LogP contribution >= 0.6 is 0 Å². The highest BCUT2D eigenvalue weighted by Gasteiger charge is 2.17. The number of hydrogen-bond acceptors (Lipinski definition) is 5. The van der Waals surface area contributed by atoms with Gasteiger partial charge in [-0.2, -0.15) is 5.10 Å². The summed E-state index contributed by atoms with van der Waals surface area (Å²) < 4.78 is 11.8. The Morgan fingerprint density at radius 1 is 1.30 bits per heavy atom. The van der Waals surface area contributed by atoms with E-state index in [0.717, 1.165) is 11.3 Å². The molecule has 7 heteroatoms. The smallest absolute Gasteiger partial charge is 0.248 e. The van der Waals surface area contributed by atoms with Crippen LogP contribution in [-0.4, -0.2) is 59.5 Å². The van der Waals surface area contributed by atoms with Crippen molar-refractivity contribution < 1.29 is 14.3 Å². The fourth-order valence-electron chi connectivity index (χ4n) is 2.09. The summed E-state index contributed by atoms with van der Waals surface area (Å²) in [4.78, 5) is 17.7. The van der Waals surface area contributed by atoms with E-state index in [0.29, 0.717) is 13.2 Å². The number of hydrogen-bond donors (Lipinski definition) is 0. The lowest BCUT2D eigenvalue weighted by atomic mass is 10.1. The van der Waals surface area contributed by atoms with Gasteiger partial charge in [0.1, 0.15) is 19.3 Å². The molecule has 0 N–H and O–H groups in total. The fraction of sp³-hybridized carbons (Fsp3) is 0.438. The van der Waals surface area contributed by atoms with E-state index >= 15 is 0 Å². The van der Waals surface area contributed by atoms with Crippen molar-refractivity contribution in [3.05, 3.63) is 42.5 Å². The Bertz CT molecular complexity index is 598. The number of aromatic nitrogens is 3. The first-order valence-corrected chi connectivity index (χ1v) is 7.40. The molecule has 2 rings (SSSR count). The maximum Gasteiger partial charge on any atom is 0.248 e. The van der Waals surface area contributed by atoms with Gasteiger partial charge in [0.25, 0.3) is 0 Å². The van der Waals surface area contributed by atoms with Crippen molar-refractivity contribution in [2.45, 2.75) is 13.0 Å². The number of rotatable bonds is 8. The molecule has 0 bridgehead atoms. The topological polar surface area (TPSA) is 69.5 Å². The van der Waals surface area contributed by atoms with Gasteiger partial charge in [-0.3, -0.25) is 4.79 Å². The second-order valence-electron chi connectivity index (χ2n) is 5.16. The minimum atomic E-state index is -0.0612. The van der Waals surface area contributed by atoms with Crippen molar-refractivity contribution >= 4 is 5.91 Å². The molecule has 7 nitrogen and oxygen atoms in total. The van der Waals surface area contributed by atoms with Gasteiger partial charge in [-0.05, 0) is 24.6 Å². The lowest BCUT2D eigenvalue weighted by molar-refractivity contribution is -0.137. The first kappa shape index (κ1) is 17.1. The molecule has 2 aromatic rings. The molecule has 0 spiro atoms. The van der Waals surface area contributed by atoms with Crippen molar-refractivity contribution in [2.24, 2.45) is 0 Å². The first-order chi connectivity index (χ1) is 11.1. The van der Waals surface area contributed by atoms with Crippen molar-refractivity contribution in [1.82, 2.24) is 19.7 Å². The summed E-state index contributed by atoms with van der Waals surface area (Å²) in [5, 5.41) is 4.09. The molecule has 23 heavy (non-hydrogen) atoms. The normalized spacial score (nSPS) is 12.1. The van der Waals surface area contributed by atoms with Crippen LogP contribution in [0, 0.1) is 0 Å². The average molecular weight is 318 g/mol. The third kappa shape index (κ3) is 4.61. The number of likely N-dealkylation sites (N-methyl/N-ethyl adjacent to an activating group) is 1. The molecule has 1 amide bonds. The Labute approximate surface area is 135 Å². The number of amides is 1. The zero-order chi connectivity index (χ0) is 16.7. The second-order valence-corrected chi connectivity index (χ2v) is 5.16. The van der Waals surface area contributed by atoms with E-state index in [1.807, 2.05) is 31.2 Å². The zero-order valence-corrected chi connectivity index (χ0v) is 13.7. The summed E-state index contributed by atoms with van der Waals surface area (Å²) in [5.74, 6) is -0.0612. The quantitative estimate of drug-likeness (QED) is 0.689. The highest BCUT2D eigenvalue weighted by atomic mass is 16.5. The van der Waals surface area contributed by atoms with Gasteiger partial charge in [-0.25, -0.2) is 9.67 Å². The molecular weight excluding hydrogens is 296 g/mol. The van der Waals surface area contributed by atoms with Crippen LogP contribution in [0.1, 0.15) is 18.5 Å². The van der Waals surface area contributed by atoms with Crippen LogP contribution in [0.2, 0.25) is 0 Å². The van der Waals surface area contributed by atoms with Crippen LogP contribution < -0.4 is 0 Å². The fourth-order valence-corrected chi connectivity index (χ4v) is 2.09. The number of carbonyl (C=O) groups is 1. The maximum absolute atomic E-state index is 12.1. The van der Waals surface area contributed by atoms with E-state index in [1.165, 1.54) is 6.33 Å². The molecule has 0 aliphatic heterocycles. The summed E-state index contributed by atoms with van der Waals surface area (Å²) >= 11 is 0. The van der Waals surface area contributed by atoms with Crippen molar-refractivity contribution in [3.8, 4) is 5.69 Å². The molecule has 1 aromatic heterocycles. The Balaban J connectivity index is 1.93. The van der Waals surface area contributed by atoms with E-state index < -0.39 is 0 Å². The second kappa shape index (κ2) is 8.40. The van der Waals surface area contributed by atoms with Gasteiger partial charge in [0.05, 0.1) is 24.9 Å². The van der Waals surface area contributed by atoms with Crippen LogP contribution in [0.3, 0.4) is 0 Å². The van der Waals surface area contributed by atoms with E-state index in [1.54, 1.807) is 30.1 Å². The maximum atomic E-state index is 12.1. The van der Waals surface area contributed by atoms with Crippen LogP contribution in [0.15, 0.2) is 36.9 Å². The highest BCUT2D eigenvalue weighted by Crippen LogP contribution is 2.20. The number of nitrogens with zero attached hydrogens (tertiary/aromatic N) is 4. The average Bonchev–Trinajstić information content (AvgIpc) is 3.12. The van der Waals surface area contributed by atoms with Gasteiger partial charge in [0.2, 0.25) is 5.91 Å². The minimum absolute atomic E-state index is 0.0432. The standard InChI is InChI=1S/C16H22N4O3/c1-13(19(2)16(21)10-23-9-8-22-3)14-4-6-15(7-5-14)20-12-17-11-18-20/h4-7,11-13H,8-10H2,1-3H3/t13-/m1/s1. The minimum Gasteiger partial charge on any atom is -0.382 e.